The van der Waals surface area contributed by atoms with Gasteiger partial charge in [0.25, 0.3) is 0 Å². The fraction of sp³-hybridized carbons (Fsp3) is 0.438. The number of aromatic nitrogens is 1. The van der Waals surface area contributed by atoms with Gasteiger partial charge in [0.15, 0.2) is 0 Å². The molecular formula is C16H22N2O3. The van der Waals surface area contributed by atoms with Gasteiger partial charge in [-0.3, -0.25) is 4.90 Å². The van der Waals surface area contributed by atoms with E-state index in [1.807, 2.05) is 31.3 Å². The van der Waals surface area contributed by atoms with Crippen LogP contribution < -0.4 is 4.74 Å². The molecule has 0 aliphatic rings. The molecule has 0 bridgehead atoms. The maximum absolute atomic E-state index is 5.55. The van der Waals surface area contributed by atoms with Crippen LogP contribution in [0.15, 0.2) is 34.9 Å². The minimum absolute atomic E-state index is 0.330. The largest absolute Gasteiger partial charge is 0.497 e. The van der Waals surface area contributed by atoms with E-state index in [1.165, 1.54) is 0 Å². The van der Waals surface area contributed by atoms with Crippen molar-refractivity contribution in [2.45, 2.75) is 19.5 Å². The number of ether oxygens (including phenoxy) is 2. The molecule has 5 nitrogen and oxygen atoms in total. The Bertz CT molecular complexity index is 551. The van der Waals surface area contributed by atoms with E-state index in [2.05, 4.69) is 16.8 Å². The van der Waals surface area contributed by atoms with E-state index in [0.717, 1.165) is 23.6 Å². The Labute approximate surface area is 125 Å². The van der Waals surface area contributed by atoms with Crippen LogP contribution in [0.5, 0.6) is 5.75 Å². The SMILES string of the molecule is COCC(C)N(C)Cc1coc(-c2ccc(OC)cc2)n1. The highest BCUT2D eigenvalue weighted by molar-refractivity contribution is 5.54. The van der Waals surface area contributed by atoms with Crippen molar-refractivity contribution in [3.8, 4) is 17.2 Å². The normalized spacial score (nSPS) is 12.6. The van der Waals surface area contributed by atoms with Crippen LogP contribution in [0.2, 0.25) is 0 Å². The van der Waals surface area contributed by atoms with Gasteiger partial charge in [0.05, 0.1) is 19.4 Å². The van der Waals surface area contributed by atoms with E-state index < -0.39 is 0 Å². The lowest BCUT2D eigenvalue weighted by Crippen LogP contribution is -2.32. The molecule has 0 aliphatic heterocycles. The van der Waals surface area contributed by atoms with Gasteiger partial charge in [-0.15, -0.1) is 0 Å². The summed E-state index contributed by atoms with van der Waals surface area (Å²) < 4.78 is 15.9. The second kappa shape index (κ2) is 7.24. The molecule has 1 unspecified atom stereocenters. The van der Waals surface area contributed by atoms with Gasteiger partial charge >= 0.3 is 0 Å². The van der Waals surface area contributed by atoms with E-state index in [-0.39, 0.29) is 0 Å². The van der Waals surface area contributed by atoms with Gasteiger partial charge in [0, 0.05) is 25.3 Å². The average Bonchev–Trinajstić information content (AvgIpc) is 2.96. The lowest BCUT2D eigenvalue weighted by Gasteiger charge is -2.22. The first-order valence-corrected chi connectivity index (χ1v) is 6.92. The lowest BCUT2D eigenvalue weighted by atomic mass is 10.2. The molecule has 0 fully saturated rings. The van der Waals surface area contributed by atoms with Crippen molar-refractivity contribution >= 4 is 0 Å². The van der Waals surface area contributed by atoms with E-state index in [4.69, 9.17) is 13.9 Å². The molecule has 0 saturated heterocycles. The molecule has 1 aromatic heterocycles. The van der Waals surface area contributed by atoms with Crippen molar-refractivity contribution in [2.75, 3.05) is 27.9 Å². The predicted molar refractivity (Wildman–Crippen MR) is 81.3 cm³/mol. The minimum atomic E-state index is 0.330. The van der Waals surface area contributed by atoms with Crippen LogP contribution >= 0.6 is 0 Å². The molecule has 0 N–H and O–H groups in total. The molecule has 0 radical (unpaired) electrons. The Hall–Kier alpha value is -1.85. The van der Waals surface area contributed by atoms with Gasteiger partial charge in [0.1, 0.15) is 12.0 Å². The highest BCUT2D eigenvalue weighted by Gasteiger charge is 2.13. The van der Waals surface area contributed by atoms with Crippen LogP contribution in [0.1, 0.15) is 12.6 Å². The molecule has 1 heterocycles. The number of rotatable bonds is 7. The summed E-state index contributed by atoms with van der Waals surface area (Å²) in [4.78, 5) is 6.71. The Morgan fingerprint density at radius 1 is 1.24 bits per heavy atom. The van der Waals surface area contributed by atoms with Crippen molar-refractivity contribution < 1.29 is 13.9 Å². The quantitative estimate of drug-likeness (QED) is 0.784. The molecule has 5 heteroatoms. The predicted octanol–water partition coefficient (Wildman–Crippen LogP) is 2.82. The maximum Gasteiger partial charge on any atom is 0.226 e. The second-order valence-corrected chi connectivity index (χ2v) is 5.09. The summed E-state index contributed by atoms with van der Waals surface area (Å²) in [6.07, 6.45) is 1.70. The first-order chi connectivity index (χ1) is 10.1. The molecule has 0 amide bonds. The Morgan fingerprint density at radius 3 is 2.57 bits per heavy atom. The smallest absolute Gasteiger partial charge is 0.226 e. The molecule has 1 atom stereocenters. The molecule has 1 aromatic carbocycles. The topological polar surface area (TPSA) is 47.7 Å². The van der Waals surface area contributed by atoms with Crippen LogP contribution in [0, 0.1) is 0 Å². The third kappa shape index (κ3) is 4.06. The van der Waals surface area contributed by atoms with Gasteiger partial charge in [-0.1, -0.05) is 0 Å². The first-order valence-electron chi connectivity index (χ1n) is 6.92. The molecule has 0 spiro atoms. The standard InChI is InChI=1S/C16H22N2O3/c1-12(10-19-3)18(2)9-14-11-21-16(17-14)13-5-7-15(20-4)8-6-13/h5-8,11-12H,9-10H2,1-4H3. The molecule has 0 saturated carbocycles. The van der Waals surface area contributed by atoms with Crippen molar-refractivity contribution in [3.63, 3.8) is 0 Å². The van der Waals surface area contributed by atoms with Crippen LogP contribution in [0.25, 0.3) is 11.5 Å². The summed E-state index contributed by atoms with van der Waals surface area (Å²) in [5.41, 5.74) is 1.85. The van der Waals surface area contributed by atoms with E-state index >= 15 is 0 Å². The van der Waals surface area contributed by atoms with E-state index in [1.54, 1.807) is 20.5 Å². The molecule has 2 rings (SSSR count). The Balaban J connectivity index is 2.03. The van der Waals surface area contributed by atoms with Crippen molar-refractivity contribution in [1.29, 1.82) is 0 Å². The van der Waals surface area contributed by atoms with Gasteiger partial charge in [-0.25, -0.2) is 4.98 Å². The minimum Gasteiger partial charge on any atom is -0.497 e. The Kier molecular flexibility index (Phi) is 5.36. The molecule has 0 aliphatic carbocycles. The second-order valence-electron chi connectivity index (χ2n) is 5.09. The lowest BCUT2D eigenvalue weighted by molar-refractivity contribution is 0.111. The molecular weight excluding hydrogens is 268 g/mol. The van der Waals surface area contributed by atoms with Crippen LogP contribution in [-0.4, -0.2) is 43.8 Å². The van der Waals surface area contributed by atoms with Crippen molar-refractivity contribution in [2.24, 2.45) is 0 Å². The third-order valence-corrected chi connectivity index (χ3v) is 3.46. The van der Waals surface area contributed by atoms with Gasteiger partial charge < -0.3 is 13.9 Å². The molecule has 21 heavy (non-hydrogen) atoms. The van der Waals surface area contributed by atoms with Crippen molar-refractivity contribution in [1.82, 2.24) is 9.88 Å². The zero-order valence-corrected chi connectivity index (χ0v) is 13.0. The number of methoxy groups -OCH3 is 2. The zero-order chi connectivity index (χ0) is 15.2. The summed E-state index contributed by atoms with van der Waals surface area (Å²) in [7, 11) is 5.41. The van der Waals surface area contributed by atoms with Gasteiger partial charge in [-0.2, -0.15) is 0 Å². The monoisotopic (exact) mass is 290 g/mol. The summed E-state index contributed by atoms with van der Waals surface area (Å²) in [6, 6.07) is 7.99. The third-order valence-electron chi connectivity index (χ3n) is 3.46. The number of hydrogen-bond donors (Lipinski definition) is 0. The summed E-state index contributed by atoms with van der Waals surface area (Å²) in [5, 5.41) is 0. The number of oxazole rings is 1. The molecule has 2 aromatic rings. The summed E-state index contributed by atoms with van der Waals surface area (Å²) >= 11 is 0. The first kappa shape index (κ1) is 15.5. The number of nitrogens with zero attached hydrogens (tertiary/aromatic N) is 2. The van der Waals surface area contributed by atoms with E-state index in [0.29, 0.717) is 18.5 Å². The maximum atomic E-state index is 5.55. The fourth-order valence-corrected chi connectivity index (χ4v) is 2.03. The highest BCUT2D eigenvalue weighted by Crippen LogP contribution is 2.22. The van der Waals surface area contributed by atoms with Crippen LogP contribution in [0.4, 0.5) is 0 Å². The molecule has 114 valence electrons. The summed E-state index contributed by atoms with van der Waals surface area (Å²) in [5.74, 6) is 1.44. The van der Waals surface area contributed by atoms with Gasteiger partial charge in [-0.05, 0) is 38.2 Å². The zero-order valence-electron chi connectivity index (χ0n) is 13.0. The van der Waals surface area contributed by atoms with Gasteiger partial charge in [0.2, 0.25) is 5.89 Å². The van der Waals surface area contributed by atoms with Crippen LogP contribution in [0.3, 0.4) is 0 Å². The summed E-state index contributed by atoms with van der Waals surface area (Å²) in [6.45, 7) is 3.54. The highest BCUT2D eigenvalue weighted by atomic mass is 16.5. The number of benzene rings is 1. The Morgan fingerprint density at radius 2 is 1.95 bits per heavy atom. The van der Waals surface area contributed by atoms with Crippen molar-refractivity contribution in [3.05, 3.63) is 36.2 Å². The van der Waals surface area contributed by atoms with E-state index in [9.17, 15) is 0 Å². The average molecular weight is 290 g/mol. The fourth-order valence-electron chi connectivity index (χ4n) is 2.03. The number of hydrogen-bond acceptors (Lipinski definition) is 5. The number of likely N-dealkylation sites (N-methyl/N-ethyl adjacent to an activating group) is 1. The van der Waals surface area contributed by atoms with Crippen LogP contribution in [-0.2, 0) is 11.3 Å².